The summed E-state index contributed by atoms with van der Waals surface area (Å²) in [4.78, 5) is 19.0. The average molecular weight is 329 g/mol. The summed E-state index contributed by atoms with van der Waals surface area (Å²) >= 11 is 1.60. The number of rotatable bonds is 4. The molecular formula is C18H23N3OS. The first kappa shape index (κ1) is 16.1. The molecular weight excluding hydrogens is 306 g/mol. The first-order valence-electron chi connectivity index (χ1n) is 7.98. The van der Waals surface area contributed by atoms with Gasteiger partial charge in [0.25, 0.3) is 0 Å². The van der Waals surface area contributed by atoms with Crippen LogP contribution >= 0.6 is 11.3 Å². The van der Waals surface area contributed by atoms with Crippen molar-refractivity contribution in [1.29, 1.82) is 0 Å². The van der Waals surface area contributed by atoms with Gasteiger partial charge in [-0.1, -0.05) is 36.8 Å². The smallest absolute Gasteiger partial charge is 0.228 e. The minimum Gasteiger partial charge on any atom is -0.342 e. The zero-order valence-corrected chi connectivity index (χ0v) is 14.5. The molecule has 5 heteroatoms. The molecule has 0 saturated carbocycles. The Labute approximate surface area is 141 Å². The summed E-state index contributed by atoms with van der Waals surface area (Å²) in [7, 11) is 0. The summed E-state index contributed by atoms with van der Waals surface area (Å²) in [6.45, 7) is 6.42. The molecule has 0 aliphatic carbocycles. The van der Waals surface area contributed by atoms with E-state index in [0.29, 0.717) is 13.0 Å². The van der Waals surface area contributed by atoms with Crippen molar-refractivity contribution in [1.82, 2.24) is 9.88 Å². The largest absolute Gasteiger partial charge is 0.342 e. The Morgan fingerprint density at radius 3 is 2.78 bits per heavy atom. The van der Waals surface area contributed by atoms with Gasteiger partial charge in [-0.15, -0.1) is 11.3 Å². The van der Waals surface area contributed by atoms with E-state index in [1.807, 2.05) is 10.3 Å². The number of benzene rings is 1. The van der Waals surface area contributed by atoms with E-state index in [1.54, 1.807) is 11.3 Å². The van der Waals surface area contributed by atoms with Crippen LogP contribution in [0.15, 0.2) is 29.6 Å². The maximum absolute atomic E-state index is 12.5. The summed E-state index contributed by atoms with van der Waals surface area (Å²) in [5.74, 6) is 0.155. The van der Waals surface area contributed by atoms with E-state index in [4.69, 9.17) is 5.73 Å². The molecule has 122 valence electrons. The molecule has 1 fully saturated rings. The van der Waals surface area contributed by atoms with Gasteiger partial charge in [0.2, 0.25) is 5.91 Å². The molecule has 1 atom stereocenters. The maximum atomic E-state index is 12.5. The van der Waals surface area contributed by atoms with Crippen molar-refractivity contribution in [2.75, 3.05) is 19.6 Å². The number of amides is 1. The summed E-state index contributed by atoms with van der Waals surface area (Å²) in [5.41, 5.74) is 9.09. The average Bonchev–Trinajstić information content (AvgIpc) is 3.16. The van der Waals surface area contributed by atoms with Gasteiger partial charge in [-0.25, -0.2) is 4.98 Å². The highest BCUT2D eigenvalue weighted by Gasteiger charge is 2.34. The maximum Gasteiger partial charge on any atom is 0.228 e. The number of hydrogen-bond acceptors (Lipinski definition) is 4. The predicted molar refractivity (Wildman–Crippen MR) is 94.3 cm³/mol. The molecule has 1 aliphatic heterocycles. The topological polar surface area (TPSA) is 59.2 Å². The predicted octanol–water partition coefficient (Wildman–Crippen LogP) is 2.86. The molecule has 2 N–H and O–H groups in total. The zero-order chi connectivity index (χ0) is 16.4. The summed E-state index contributed by atoms with van der Waals surface area (Å²) in [5, 5.41) is 2.96. The minimum absolute atomic E-state index is 0.0742. The highest BCUT2D eigenvalue weighted by Crippen LogP contribution is 2.29. The van der Waals surface area contributed by atoms with Crippen molar-refractivity contribution >= 4 is 17.2 Å². The van der Waals surface area contributed by atoms with E-state index < -0.39 is 0 Å². The number of thiazole rings is 1. The van der Waals surface area contributed by atoms with Crippen LogP contribution in [0.4, 0.5) is 0 Å². The molecule has 1 unspecified atom stereocenters. The fourth-order valence-electron chi connectivity index (χ4n) is 2.89. The standard InChI is InChI=1S/C18H23N3OS/c1-13-3-5-14(6-4-13)17-20-15(10-23-17)9-16(22)21-8-7-18(2,11-19)12-21/h3-6,10H,7-9,11-12,19H2,1-2H3. The molecule has 0 bridgehead atoms. The molecule has 1 saturated heterocycles. The number of nitrogens with zero attached hydrogens (tertiary/aromatic N) is 2. The number of aryl methyl sites for hydroxylation is 1. The van der Waals surface area contributed by atoms with E-state index in [2.05, 4.69) is 43.1 Å². The van der Waals surface area contributed by atoms with Crippen molar-refractivity contribution in [3.63, 3.8) is 0 Å². The Balaban J connectivity index is 1.65. The van der Waals surface area contributed by atoms with Crippen molar-refractivity contribution in [2.45, 2.75) is 26.7 Å². The summed E-state index contributed by atoms with van der Waals surface area (Å²) in [6, 6.07) is 8.32. The lowest BCUT2D eigenvalue weighted by atomic mass is 9.90. The molecule has 4 nitrogen and oxygen atoms in total. The quantitative estimate of drug-likeness (QED) is 0.938. The van der Waals surface area contributed by atoms with Gasteiger partial charge in [-0.05, 0) is 25.3 Å². The van der Waals surface area contributed by atoms with Crippen molar-refractivity contribution in [3.05, 3.63) is 40.9 Å². The summed E-state index contributed by atoms with van der Waals surface area (Å²) in [6.07, 6.45) is 1.37. The van der Waals surface area contributed by atoms with Crippen molar-refractivity contribution in [3.8, 4) is 10.6 Å². The van der Waals surface area contributed by atoms with Gasteiger partial charge in [-0.3, -0.25) is 4.79 Å². The van der Waals surface area contributed by atoms with Gasteiger partial charge in [-0.2, -0.15) is 0 Å². The molecule has 1 amide bonds. The van der Waals surface area contributed by atoms with E-state index in [-0.39, 0.29) is 11.3 Å². The molecule has 1 aliphatic rings. The number of carbonyl (C=O) groups excluding carboxylic acids is 1. The van der Waals surface area contributed by atoms with Crippen LogP contribution in [0.3, 0.4) is 0 Å². The lowest BCUT2D eigenvalue weighted by molar-refractivity contribution is -0.129. The van der Waals surface area contributed by atoms with E-state index >= 15 is 0 Å². The van der Waals surface area contributed by atoms with Crippen LogP contribution in [-0.4, -0.2) is 35.4 Å². The minimum atomic E-state index is 0.0742. The van der Waals surface area contributed by atoms with Crippen molar-refractivity contribution < 1.29 is 4.79 Å². The highest BCUT2D eigenvalue weighted by molar-refractivity contribution is 7.13. The van der Waals surface area contributed by atoms with Crippen LogP contribution in [0.25, 0.3) is 10.6 Å². The first-order valence-corrected chi connectivity index (χ1v) is 8.86. The number of hydrogen-bond donors (Lipinski definition) is 1. The second-order valence-electron chi connectivity index (χ2n) is 6.77. The first-order chi connectivity index (χ1) is 11.0. The Hall–Kier alpha value is -1.72. The molecule has 0 radical (unpaired) electrons. The Bertz CT molecular complexity index is 695. The van der Waals surface area contributed by atoms with Gasteiger partial charge in [0.15, 0.2) is 0 Å². The van der Waals surface area contributed by atoms with E-state index in [1.165, 1.54) is 5.56 Å². The van der Waals surface area contributed by atoms with Gasteiger partial charge in [0.05, 0.1) is 12.1 Å². The Morgan fingerprint density at radius 2 is 2.13 bits per heavy atom. The number of likely N-dealkylation sites (tertiary alicyclic amines) is 1. The SMILES string of the molecule is Cc1ccc(-c2nc(CC(=O)N3CCC(C)(CN)C3)cs2)cc1. The molecule has 2 aromatic rings. The highest BCUT2D eigenvalue weighted by atomic mass is 32.1. The van der Waals surface area contributed by atoms with Gasteiger partial charge < -0.3 is 10.6 Å². The van der Waals surface area contributed by atoms with E-state index in [9.17, 15) is 4.79 Å². The number of aromatic nitrogens is 1. The molecule has 0 spiro atoms. The van der Waals surface area contributed by atoms with Crippen molar-refractivity contribution in [2.24, 2.45) is 11.1 Å². The van der Waals surface area contributed by atoms with Crippen LogP contribution in [0.2, 0.25) is 0 Å². The fraction of sp³-hybridized carbons (Fsp3) is 0.444. The number of carbonyl (C=O) groups is 1. The zero-order valence-electron chi connectivity index (χ0n) is 13.7. The van der Waals surface area contributed by atoms with Crippen LogP contribution in [0.5, 0.6) is 0 Å². The third-order valence-corrected chi connectivity index (χ3v) is 5.53. The Kier molecular flexibility index (Phi) is 4.50. The normalized spacial score (nSPS) is 20.9. The second kappa shape index (κ2) is 6.42. The third kappa shape index (κ3) is 3.62. The van der Waals surface area contributed by atoms with Gasteiger partial charge in [0, 0.05) is 24.0 Å². The second-order valence-corrected chi connectivity index (χ2v) is 7.62. The van der Waals surface area contributed by atoms with Gasteiger partial charge >= 0.3 is 0 Å². The Morgan fingerprint density at radius 1 is 1.39 bits per heavy atom. The fourth-order valence-corrected chi connectivity index (χ4v) is 3.71. The van der Waals surface area contributed by atoms with E-state index in [0.717, 1.165) is 35.8 Å². The molecule has 1 aromatic heterocycles. The molecule has 23 heavy (non-hydrogen) atoms. The van der Waals surface area contributed by atoms with Gasteiger partial charge in [0.1, 0.15) is 5.01 Å². The lowest BCUT2D eigenvalue weighted by Crippen LogP contribution is -2.35. The monoisotopic (exact) mass is 329 g/mol. The molecule has 3 rings (SSSR count). The van der Waals surface area contributed by atoms with Crippen LogP contribution in [-0.2, 0) is 11.2 Å². The third-order valence-electron chi connectivity index (χ3n) is 4.59. The molecule has 2 heterocycles. The van der Waals surface area contributed by atoms with Crippen LogP contribution < -0.4 is 5.73 Å². The lowest BCUT2D eigenvalue weighted by Gasteiger charge is -2.22. The van der Waals surface area contributed by atoms with Crippen LogP contribution in [0.1, 0.15) is 24.6 Å². The summed E-state index contributed by atoms with van der Waals surface area (Å²) < 4.78 is 0. The van der Waals surface area contributed by atoms with Crippen LogP contribution in [0, 0.1) is 12.3 Å². The molecule has 1 aromatic carbocycles. The number of nitrogens with two attached hydrogens (primary N) is 1.